The summed E-state index contributed by atoms with van der Waals surface area (Å²) < 4.78 is 26.1. The number of rotatable bonds is 5. The molecular formula is C17H18ClF2N2O+. The van der Waals surface area contributed by atoms with Gasteiger partial charge in [0.05, 0.1) is 0 Å². The van der Waals surface area contributed by atoms with Crippen molar-refractivity contribution in [3.63, 3.8) is 0 Å². The lowest BCUT2D eigenvalue weighted by Gasteiger charge is -2.12. The zero-order valence-corrected chi connectivity index (χ0v) is 13.6. The standard InChI is InChI=1S/C17H17ClF2N2O/c1-10-7-13(18)4-6-16(10)22-17(23)9-21-11(2)12-3-5-14(19)15(20)8-12/h3-8,11,21H,9H2,1-2H3,(H,22,23)/p+1/t11-/m0/s1. The number of carbonyl (C=O) groups is 1. The van der Waals surface area contributed by atoms with Gasteiger partial charge in [0, 0.05) is 16.3 Å². The molecule has 2 aromatic carbocycles. The van der Waals surface area contributed by atoms with Gasteiger partial charge in [0.1, 0.15) is 6.04 Å². The normalized spacial score (nSPS) is 12.0. The van der Waals surface area contributed by atoms with Crippen LogP contribution in [-0.4, -0.2) is 12.5 Å². The summed E-state index contributed by atoms with van der Waals surface area (Å²) in [6.07, 6.45) is 0. The lowest BCUT2D eigenvalue weighted by atomic mass is 10.1. The van der Waals surface area contributed by atoms with Crippen LogP contribution in [0.15, 0.2) is 36.4 Å². The van der Waals surface area contributed by atoms with Crippen LogP contribution >= 0.6 is 11.6 Å². The minimum Gasteiger partial charge on any atom is -0.333 e. The highest BCUT2D eigenvalue weighted by Crippen LogP contribution is 2.19. The highest BCUT2D eigenvalue weighted by atomic mass is 35.5. The van der Waals surface area contributed by atoms with Crippen molar-refractivity contribution < 1.29 is 18.9 Å². The molecular weight excluding hydrogens is 322 g/mol. The monoisotopic (exact) mass is 339 g/mol. The van der Waals surface area contributed by atoms with Crippen molar-refractivity contribution >= 4 is 23.2 Å². The van der Waals surface area contributed by atoms with Crippen LogP contribution in [0.3, 0.4) is 0 Å². The lowest BCUT2D eigenvalue weighted by molar-refractivity contribution is -0.682. The highest BCUT2D eigenvalue weighted by molar-refractivity contribution is 6.30. The maximum Gasteiger partial charge on any atom is 0.279 e. The second-order valence-electron chi connectivity index (χ2n) is 5.41. The number of halogens is 3. The van der Waals surface area contributed by atoms with Crippen molar-refractivity contribution in [1.29, 1.82) is 0 Å². The summed E-state index contributed by atoms with van der Waals surface area (Å²) in [6, 6.07) is 8.81. The molecule has 0 aromatic heterocycles. The van der Waals surface area contributed by atoms with Gasteiger partial charge in [-0.1, -0.05) is 11.6 Å². The van der Waals surface area contributed by atoms with Crippen LogP contribution in [0.2, 0.25) is 5.02 Å². The van der Waals surface area contributed by atoms with E-state index >= 15 is 0 Å². The molecule has 6 heteroatoms. The van der Waals surface area contributed by atoms with E-state index in [-0.39, 0.29) is 18.5 Å². The van der Waals surface area contributed by atoms with E-state index in [1.807, 2.05) is 13.8 Å². The largest absolute Gasteiger partial charge is 0.333 e. The van der Waals surface area contributed by atoms with Crippen LogP contribution in [0, 0.1) is 18.6 Å². The van der Waals surface area contributed by atoms with Crippen molar-refractivity contribution in [3.8, 4) is 0 Å². The van der Waals surface area contributed by atoms with Crippen molar-refractivity contribution in [2.45, 2.75) is 19.9 Å². The first-order valence-corrected chi connectivity index (χ1v) is 7.59. The maximum atomic E-state index is 13.2. The molecule has 2 aromatic rings. The zero-order valence-electron chi connectivity index (χ0n) is 12.9. The third-order valence-corrected chi connectivity index (χ3v) is 3.82. The van der Waals surface area contributed by atoms with Gasteiger partial charge in [-0.25, -0.2) is 8.78 Å². The number of amides is 1. The molecule has 0 spiro atoms. The molecule has 0 aliphatic rings. The number of aryl methyl sites for hydroxylation is 1. The highest BCUT2D eigenvalue weighted by Gasteiger charge is 2.14. The molecule has 0 saturated heterocycles. The average molecular weight is 340 g/mol. The number of carbonyl (C=O) groups excluding carboxylic acids is 1. The fraction of sp³-hybridized carbons (Fsp3) is 0.235. The summed E-state index contributed by atoms with van der Waals surface area (Å²) >= 11 is 5.87. The second-order valence-corrected chi connectivity index (χ2v) is 5.85. The van der Waals surface area contributed by atoms with Crippen LogP contribution in [0.1, 0.15) is 24.1 Å². The number of hydrogen-bond acceptors (Lipinski definition) is 1. The molecule has 23 heavy (non-hydrogen) atoms. The molecule has 0 aliphatic heterocycles. The molecule has 0 radical (unpaired) electrons. The van der Waals surface area contributed by atoms with Gasteiger partial charge in [0.2, 0.25) is 0 Å². The fourth-order valence-corrected chi connectivity index (χ4v) is 2.41. The Balaban J connectivity index is 1.91. The predicted octanol–water partition coefficient (Wildman–Crippen LogP) is 3.19. The van der Waals surface area contributed by atoms with Crippen LogP contribution in [0.25, 0.3) is 0 Å². The third kappa shape index (κ3) is 4.74. The molecule has 0 bridgehead atoms. The summed E-state index contributed by atoms with van der Waals surface area (Å²) in [6.45, 7) is 3.85. The molecule has 0 unspecified atom stereocenters. The van der Waals surface area contributed by atoms with E-state index in [2.05, 4.69) is 5.32 Å². The topological polar surface area (TPSA) is 45.7 Å². The fourth-order valence-electron chi connectivity index (χ4n) is 2.18. The first-order chi connectivity index (χ1) is 10.9. The van der Waals surface area contributed by atoms with Gasteiger partial charge in [0.15, 0.2) is 18.2 Å². The van der Waals surface area contributed by atoms with E-state index in [4.69, 9.17) is 11.6 Å². The van der Waals surface area contributed by atoms with Gasteiger partial charge in [-0.15, -0.1) is 0 Å². The number of nitrogens with two attached hydrogens (primary N) is 1. The van der Waals surface area contributed by atoms with Gasteiger partial charge in [-0.2, -0.15) is 0 Å². The number of hydrogen-bond donors (Lipinski definition) is 2. The molecule has 3 nitrogen and oxygen atoms in total. The van der Waals surface area contributed by atoms with Crippen LogP contribution < -0.4 is 10.6 Å². The molecule has 0 aliphatic carbocycles. The molecule has 0 saturated carbocycles. The van der Waals surface area contributed by atoms with E-state index in [0.717, 1.165) is 17.7 Å². The summed E-state index contributed by atoms with van der Waals surface area (Å²) in [4.78, 5) is 12.0. The van der Waals surface area contributed by atoms with Gasteiger partial charge in [-0.05, 0) is 55.8 Å². The molecule has 0 fully saturated rings. The van der Waals surface area contributed by atoms with E-state index in [0.29, 0.717) is 16.3 Å². The number of nitrogens with one attached hydrogen (secondary N) is 1. The van der Waals surface area contributed by atoms with Gasteiger partial charge < -0.3 is 10.6 Å². The van der Waals surface area contributed by atoms with Crippen LogP contribution in [-0.2, 0) is 4.79 Å². The Hall–Kier alpha value is -1.98. The van der Waals surface area contributed by atoms with Crippen LogP contribution in [0.4, 0.5) is 14.5 Å². The van der Waals surface area contributed by atoms with Gasteiger partial charge in [0.25, 0.3) is 5.91 Å². The van der Waals surface area contributed by atoms with Crippen LogP contribution in [0.5, 0.6) is 0 Å². The Morgan fingerprint density at radius 2 is 1.96 bits per heavy atom. The second kappa shape index (κ2) is 7.53. The summed E-state index contributed by atoms with van der Waals surface area (Å²) in [5.41, 5.74) is 2.20. The predicted molar refractivity (Wildman–Crippen MR) is 86.4 cm³/mol. The summed E-state index contributed by atoms with van der Waals surface area (Å²) in [7, 11) is 0. The first kappa shape index (κ1) is 17.4. The van der Waals surface area contributed by atoms with Crippen molar-refractivity contribution in [3.05, 3.63) is 64.2 Å². The average Bonchev–Trinajstić information content (AvgIpc) is 2.50. The Bertz CT molecular complexity index is 722. The quantitative estimate of drug-likeness (QED) is 0.863. The first-order valence-electron chi connectivity index (χ1n) is 7.21. The molecule has 2 rings (SSSR count). The maximum absolute atomic E-state index is 13.2. The van der Waals surface area contributed by atoms with E-state index < -0.39 is 11.6 Å². The minimum absolute atomic E-state index is 0.165. The van der Waals surface area contributed by atoms with Crippen molar-refractivity contribution in [2.75, 3.05) is 11.9 Å². The minimum atomic E-state index is -0.885. The van der Waals surface area contributed by atoms with Gasteiger partial charge in [-0.3, -0.25) is 4.79 Å². The number of anilines is 1. The molecule has 1 atom stereocenters. The Morgan fingerprint density at radius 3 is 2.61 bits per heavy atom. The van der Waals surface area contributed by atoms with E-state index in [1.54, 1.807) is 23.5 Å². The van der Waals surface area contributed by atoms with Crippen molar-refractivity contribution in [2.24, 2.45) is 0 Å². The lowest BCUT2D eigenvalue weighted by Crippen LogP contribution is -2.86. The molecule has 0 heterocycles. The van der Waals surface area contributed by atoms with E-state index in [9.17, 15) is 13.6 Å². The Morgan fingerprint density at radius 1 is 1.22 bits per heavy atom. The number of benzene rings is 2. The Kier molecular flexibility index (Phi) is 5.69. The zero-order chi connectivity index (χ0) is 17.0. The van der Waals surface area contributed by atoms with Crippen molar-refractivity contribution in [1.82, 2.24) is 0 Å². The van der Waals surface area contributed by atoms with Gasteiger partial charge >= 0.3 is 0 Å². The molecule has 122 valence electrons. The third-order valence-electron chi connectivity index (χ3n) is 3.59. The SMILES string of the molecule is Cc1cc(Cl)ccc1NC(=O)C[NH2+][C@@H](C)c1ccc(F)c(F)c1. The van der Waals surface area contributed by atoms with E-state index in [1.165, 1.54) is 6.07 Å². The smallest absolute Gasteiger partial charge is 0.279 e. The molecule has 1 amide bonds. The Labute approximate surface area is 138 Å². The summed E-state index contributed by atoms with van der Waals surface area (Å²) in [5, 5.41) is 5.17. The number of quaternary nitrogens is 1. The summed E-state index contributed by atoms with van der Waals surface area (Å²) in [5.74, 6) is -1.94. The molecule has 3 N–H and O–H groups in total.